The number of pyridine rings is 1. The Morgan fingerprint density at radius 2 is 2.19 bits per heavy atom. The van der Waals surface area contributed by atoms with Crippen molar-refractivity contribution in [3.8, 4) is 0 Å². The zero-order chi connectivity index (χ0) is 14.9. The van der Waals surface area contributed by atoms with Gasteiger partial charge >= 0.3 is 0 Å². The van der Waals surface area contributed by atoms with Crippen molar-refractivity contribution in [3.05, 3.63) is 36.7 Å². The van der Waals surface area contributed by atoms with E-state index in [0.29, 0.717) is 24.5 Å². The third-order valence-electron chi connectivity index (χ3n) is 4.07. The lowest BCUT2D eigenvalue weighted by molar-refractivity contribution is 0.271. The number of piperidine rings is 1. The number of nitrogens with zero attached hydrogens (tertiary/aromatic N) is 2. The highest BCUT2D eigenvalue weighted by atomic mass is 32.2. The molecule has 1 fully saturated rings. The first-order valence-electron chi connectivity index (χ1n) is 7.16. The van der Waals surface area contributed by atoms with E-state index in [2.05, 4.69) is 4.98 Å². The number of rotatable bonds is 3. The SMILES string of the molecule is NCC1CCCN(S(=O)(=O)c2cccc3cnccc23)C1. The van der Waals surface area contributed by atoms with Gasteiger partial charge in [-0.1, -0.05) is 12.1 Å². The molecule has 3 rings (SSSR count). The first kappa shape index (κ1) is 14.4. The maximum absolute atomic E-state index is 12.9. The van der Waals surface area contributed by atoms with Crippen molar-refractivity contribution in [2.75, 3.05) is 19.6 Å². The summed E-state index contributed by atoms with van der Waals surface area (Å²) >= 11 is 0. The van der Waals surface area contributed by atoms with Crippen molar-refractivity contribution in [1.29, 1.82) is 0 Å². The smallest absolute Gasteiger partial charge is 0.243 e. The Morgan fingerprint density at radius 3 is 3.00 bits per heavy atom. The van der Waals surface area contributed by atoms with E-state index in [1.165, 1.54) is 0 Å². The average Bonchev–Trinajstić information content (AvgIpc) is 2.54. The van der Waals surface area contributed by atoms with Gasteiger partial charge in [0.25, 0.3) is 0 Å². The minimum Gasteiger partial charge on any atom is -0.330 e. The van der Waals surface area contributed by atoms with Gasteiger partial charge in [-0.2, -0.15) is 4.31 Å². The second-order valence-electron chi connectivity index (χ2n) is 5.46. The summed E-state index contributed by atoms with van der Waals surface area (Å²) in [5, 5.41) is 1.56. The van der Waals surface area contributed by atoms with Gasteiger partial charge in [-0.3, -0.25) is 4.98 Å². The highest BCUT2D eigenvalue weighted by Gasteiger charge is 2.30. The normalized spacial score (nSPS) is 20.7. The molecule has 1 aromatic carbocycles. The van der Waals surface area contributed by atoms with Crippen molar-refractivity contribution in [3.63, 3.8) is 0 Å². The minimum atomic E-state index is -3.48. The van der Waals surface area contributed by atoms with Crippen LogP contribution in [0.1, 0.15) is 12.8 Å². The van der Waals surface area contributed by atoms with Gasteiger partial charge in [0, 0.05) is 36.3 Å². The standard InChI is InChI=1S/C15H19N3O2S/c16-9-12-3-2-8-18(11-12)21(19,20)15-5-1-4-13-10-17-7-6-14(13)15/h1,4-7,10,12H,2-3,8-9,11,16H2. The topological polar surface area (TPSA) is 76.3 Å². The summed E-state index contributed by atoms with van der Waals surface area (Å²) < 4.78 is 27.4. The number of nitrogens with two attached hydrogens (primary N) is 1. The van der Waals surface area contributed by atoms with Gasteiger partial charge in [0.2, 0.25) is 10.0 Å². The first-order valence-corrected chi connectivity index (χ1v) is 8.60. The highest BCUT2D eigenvalue weighted by Crippen LogP contribution is 2.28. The average molecular weight is 305 g/mol. The van der Waals surface area contributed by atoms with Crippen LogP contribution in [0.15, 0.2) is 41.6 Å². The molecule has 0 amide bonds. The minimum absolute atomic E-state index is 0.255. The second-order valence-corrected chi connectivity index (χ2v) is 7.37. The molecule has 2 N–H and O–H groups in total. The Morgan fingerprint density at radius 1 is 1.33 bits per heavy atom. The fourth-order valence-corrected chi connectivity index (χ4v) is 4.66. The predicted molar refractivity (Wildman–Crippen MR) is 82.3 cm³/mol. The number of hydrogen-bond donors (Lipinski definition) is 1. The zero-order valence-corrected chi connectivity index (χ0v) is 12.6. The third-order valence-corrected chi connectivity index (χ3v) is 6.00. The molecule has 1 saturated heterocycles. The highest BCUT2D eigenvalue weighted by molar-refractivity contribution is 7.89. The Labute approximate surface area is 124 Å². The van der Waals surface area contributed by atoms with Crippen molar-refractivity contribution in [1.82, 2.24) is 9.29 Å². The number of benzene rings is 1. The molecule has 2 heterocycles. The molecule has 1 unspecified atom stereocenters. The molecule has 6 heteroatoms. The predicted octanol–water partition coefficient (Wildman–Crippen LogP) is 1.59. The van der Waals surface area contributed by atoms with Crippen LogP contribution in [-0.2, 0) is 10.0 Å². The maximum atomic E-state index is 12.9. The van der Waals surface area contributed by atoms with Crippen LogP contribution >= 0.6 is 0 Å². The molecule has 1 aliphatic heterocycles. The van der Waals surface area contributed by atoms with E-state index in [1.54, 1.807) is 34.9 Å². The van der Waals surface area contributed by atoms with Crippen LogP contribution in [-0.4, -0.2) is 37.3 Å². The summed E-state index contributed by atoms with van der Waals surface area (Å²) in [6.07, 6.45) is 5.18. The molecular formula is C15H19N3O2S. The van der Waals surface area contributed by atoms with E-state index < -0.39 is 10.0 Å². The van der Waals surface area contributed by atoms with Crippen LogP contribution in [0, 0.1) is 5.92 Å². The van der Waals surface area contributed by atoms with E-state index in [4.69, 9.17) is 5.73 Å². The number of aromatic nitrogens is 1. The summed E-state index contributed by atoms with van der Waals surface area (Å²) in [5.41, 5.74) is 5.71. The molecule has 0 spiro atoms. The van der Waals surface area contributed by atoms with Gasteiger partial charge < -0.3 is 5.73 Å². The molecule has 21 heavy (non-hydrogen) atoms. The molecular weight excluding hydrogens is 286 g/mol. The molecule has 0 aliphatic carbocycles. The largest absolute Gasteiger partial charge is 0.330 e. The van der Waals surface area contributed by atoms with Crippen molar-refractivity contribution < 1.29 is 8.42 Å². The number of fused-ring (bicyclic) bond motifs is 1. The molecule has 1 aromatic heterocycles. The molecule has 0 radical (unpaired) electrons. The molecule has 1 atom stereocenters. The molecule has 0 saturated carbocycles. The zero-order valence-electron chi connectivity index (χ0n) is 11.8. The van der Waals surface area contributed by atoms with Crippen molar-refractivity contribution in [2.45, 2.75) is 17.7 Å². The summed E-state index contributed by atoms with van der Waals surface area (Å²) in [4.78, 5) is 4.41. The summed E-state index contributed by atoms with van der Waals surface area (Å²) in [6, 6.07) is 7.07. The maximum Gasteiger partial charge on any atom is 0.243 e. The van der Waals surface area contributed by atoms with Crippen LogP contribution in [0.25, 0.3) is 10.8 Å². The van der Waals surface area contributed by atoms with Crippen LogP contribution in [0.2, 0.25) is 0 Å². The van der Waals surface area contributed by atoms with Crippen LogP contribution in [0.3, 0.4) is 0 Å². The first-order chi connectivity index (χ1) is 10.1. The van der Waals surface area contributed by atoms with Gasteiger partial charge in [0.05, 0.1) is 4.90 Å². The second kappa shape index (κ2) is 5.71. The van der Waals surface area contributed by atoms with Crippen LogP contribution in [0.5, 0.6) is 0 Å². The Hall–Kier alpha value is -1.50. The Kier molecular flexibility index (Phi) is 3.93. The molecule has 112 valence electrons. The molecule has 5 nitrogen and oxygen atoms in total. The monoisotopic (exact) mass is 305 g/mol. The number of sulfonamides is 1. The lowest BCUT2D eigenvalue weighted by Crippen LogP contribution is -2.42. The molecule has 1 aliphatic rings. The van der Waals surface area contributed by atoms with Gasteiger partial charge in [-0.05, 0) is 37.4 Å². The van der Waals surface area contributed by atoms with E-state index in [0.717, 1.165) is 23.6 Å². The van der Waals surface area contributed by atoms with Gasteiger partial charge in [-0.15, -0.1) is 0 Å². The number of hydrogen-bond acceptors (Lipinski definition) is 4. The lowest BCUT2D eigenvalue weighted by atomic mass is 10.0. The van der Waals surface area contributed by atoms with Gasteiger partial charge in [-0.25, -0.2) is 8.42 Å². The fourth-order valence-electron chi connectivity index (χ4n) is 2.89. The summed E-state index contributed by atoms with van der Waals surface area (Å²) in [7, 11) is -3.48. The summed E-state index contributed by atoms with van der Waals surface area (Å²) in [6.45, 7) is 1.62. The van der Waals surface area contributed by atoms with Gasteiger partial charge in [0.1, 0.15) is 0 Å². The Bertz CT molecular complexity index is 740. The van der Waals surface area contributed by atoms with Crippen LogP contribution in [0.4, 0.5) is 0 Å². The van der Waals surface area contributed by atoms with E-state index in [1.807, 2.05) is 6.07 Å². The molecule has 0 bridgehead atoms. The van der Waals surface area contributed by atoms with E-state index in [-0.39, 0.29) is 5.92 Å². The fraction of sp³-hybridized carbons (Fsp3) is 0.400. The van der Waals surface area contributed by atoms with Crippen molar-refractivity contribution >= 4 is 20.8 Å². The third kappa shape index (κ3) is 2.66. The van der Waals surface area contributed by atoms with Gasteiger partial charge in [0.15, 0.2) is 0 Å². The van der Waals surface area contributed by atoms with E-state index in [9.17, 15) is 8.42 Å². The van der Waals surface area contributed by atoms with E-state index >= 15 is 0 Å². The quantitative estimate of drug-likeness (QED) is 0.934. The van der Waals surface area contributed by atoms with Crippen molar-refractivity contribution in [2.24, 2.45) is 11.7 Å². The summed E-state index contributed by atoms with van der Waals surface area (Å²) in [5.74, 6) is 0.255. The molecule has 2 aromatic rings. The Balaban J connectivity index is 2.04. The van der Waals surface area contributed by atoms with Crippen LogP contribution < -0.4 is 5.73 Å². The lowest BCUT2D eigenvalue weighted by Gasteiger charge is -2.31.